The van der Waals surface area contributed by atoms with E-state index in [0.29, 0.717) is 45.5 Å². The monoisotopic (exact) mass is 337 g/mol. The fraction of sp³-hybridized carbons (Fsp3) is 0.588. The molecule has 0 atom stereocenters. The highest BCUT2D eigenvalue weighted by molar-refractivity contribution is 5.93. The number of nitrogens with zero attached hydrogens (tertiary/aromatic N) is 1. The highest BCUT2D eigenvalue weighted by Crippen LogP contribution is 2.32. The van der Waals surface area contributed by atoms with E-state index in [0.717, 1.165) is 30.2 Å². The lowest BCUT2D eigenvalue weighted by Crippen LogP contribution is -2.31. The maximum atomic E-state index is 5.71. The zero-order valence-corrected chi connectivity index (χ0v) is 14.5. The summed E-state index contributed by atoms with van der Waals surface area (Å²) in [6, 6.07) is 5.80. The van der Waals surface area contributed by atoms with Crippen molar-refractivity contribution in [1.82, 2.24) is 5.32 Å². The van der Waals surface area contributed by atoms with Crippen molar-refractivity contribution >= 4 is 11.6 Å². The van der Waals surface area contributed by atoms with Crippen LogP contribution in [0.4, 0.5) is 5.69 Å². The maximum absolute atomic E-state index is 5.71. The first-order chi connectivity index (χ1) is 11.8. The summed E-state index contributed by atoms with van der Waals surface area (Å²) in [6.07, 6.45) is 0.893. The fourth-order valence-electron chi connectivity index (χ4n) is 2.15. The van der Waals surface area contributed by atoms with Gasteiger partial charge in [-0.3, -0.25) is 4.99 Å². The van der Waals surface area contributed by atoms with Gasteiger partial charge in [-0.1, -0.05) is 0 Å². The van der Waals surface area contributed by atoms with Crippen molar-refractivity contribution in [2.45, 2.75) is 13.3 Å². The molecule has 0 spiro atoms. The van der Waals surface area contributed by atoms with Gasteiger partial charge in [-0.25, -0.2) is 0 Å². The number of guanidine groups is 1. The average Bonchev–Trinajstić information content (AvgIpc) is 2.83. The van der Waals surface area contributed by atoms with Crippen molar-refractivity contribution in [3.63, 3.8) is 0 Å². The van der Waals surface area contributed by atoms with Gasteiger partial charge in [0.05, 0.1) is 39.6 Å². The van der Waals surface area contributed by atoms with Crippen molar-refractivity contribution in [3.8, 4) is 11.5 Å². The maximum Gasteiger partial charge on any atom is 0.195 e. The van der Waals surface area contributed by atoms with Crippen LogP contribution < -0.4 is 20.1 Å². The van der Waals surface area contributed by atoms with Crippen LogP contribution in [-0.4, -0.2) is 59.2 Å². The normalized spacial score (nSPS) is 14.2. The highest BCUT2D eigenvalue weighted by Gasteiger charge is 2.11. The first kappa shape index (κ1) is 18.4. The van der Waals surface area contributed by atoms with Crippen LogP contribution in [0.2, 0.25) is 0 Å². The summed E-state index contributed by atoms with van der Waals surface area (Å²) < 4.78 is 21.7. The molecular weight excluding hydrogens is 310 g/mol. The van der Waals surface area contributed by atoms with E-state index in [-0.39, 0.29) is 0 Å². The molecule has 2 N–H and O–H groups in total. The van der Waals surface area contributed by atoms with Crippen molar-refractivity contribution in [2.75, 3.05) is 58.6 Å². The lowest BCUT2D eigenvalue weighted by Gasteiger charge is -2.13. The molecule has 0 fully saturated rings. The molecule has 134 valence electrons. The van der Waals surface area contributed by atoms with E-state index in [4.69, 9.17) is 18.9 Å². The predicted molar refractivity (Wildman–Crippen MR) is 94.3 cm³/mol. The number of methoxy groups -OCH3 is 1. The Morgan fingerprint density at radius 1 is 1.17 bits per heavy atom. The Hall–Kier alpha value is -1.99. The van der Waals surface area contributed by atoms with Crippen LogP contribution in [0.3, 0.4) is 0 Å². The van der Waals surface area contributed by atoms with Crippen LogP contribution in [-0.2, 0) is 9.47 Å². The topological polar surface area (TPSA) is 73.3 Å². The van der Waals surface area contributed by atoms with E-state index < -0.39 is 0 Å². The van der Waals surface area contributed by atoms with Gasteiger partial charge in [-0.2, -0.15) is 0 Å². The number of rotatable bonds is 8. The van der Waals surface area contributed by atoms with E-state index in [1.165, 1.54) is 0 Å². The molecule has 7 heteroatoms. The molecule has 0 amide bonds. The first-order valence-electron chi connectivity index (χ1n) is 8.35. The Kier molecular flexibility index (Phi) is 8.20. The van der Waals surface area contributed by atoms with Gasteiger partial charge in [0.2, 0.25) is 0 Å². The molecule has 0 unspecified atom stereocenters. The minimum absolute atomic E-state index is 0.557. The van der Waals surface area contributed by atoms with Gasteiger partial charge in [0, 0.05) is 31.8 Å². The zero-order chi connectivity index (χ0) is 17.0. The van der Waals surface area contributed by atoms with E-state index in [2.05, 4.69) is 15.6 Å². The van der Waals surface area contributed by atoms with Crippen LogP contribution in [0, 0.1) is 0 Å². The molecule has 7 nitrogen and oxygen atoms in total. The third-order valence-corrected chi connectivity index (χ3v) is 3.29. The third-order valence-electron chi connectivity index (χ3n) is 3.29. The van der Waals surface area contributed by atoms with E-state index in [1.54, 1.807) is 7.11 Å². The van der Waals surface area contributed by atoms with Gasteiger partial charge in [-0.05, 0) is 19.1 Å². The number of hydrogen-bond acceptors (Lipinski definition) is 5. The summed E-state index contributed by atoms with van der Waals surface area (Å²) in [5.41, 5.74) is 0.902. The number of aliphatic imine (C=N–C) groups is 1. The lowest BCUT2D eigenvalue weighted by molar-refractivity contribution is 0.0748. The Balaban J connectivity index is 1.90. The summed E-state index contributed by atoms with van der Waals surface area (Å²) >= 11 is 0. The molecule has 1 aliphatic heterocycles. The summed E-state index contributed by atoms with van der Waals surface area (Å²) in [6.45, 7) is 6.47. The summed E-state index contributed by atoms with van der Waals surface area (Å²) in [4.78, 5) is 4.49. The molecule has 0 bridgehead atoms. The summed E-state index contributed by atoms with van der Waals surface area (Å²) in [5.74, 6) is 2.25. The molecule has 24 heavy (non-hydrogen) atoms. The molecule has 0 aromatic heterocycles. The van der Waals surface area contributed by atoms with Crippen LogP contribution in [0.15, 0.2) is 23.2 Å². The van der Waals surface area contributed by atoms with Crippen LogP contribution in [0.5, 0.6) is 11.5 Å². The second-order valence-corrected chi connectivity index (χ2v) is 5.20. The van der Waals surface area contributed by atoms with Gasteiger partial charge in [0.1, 0.15) is 0 Å². The fourth-order valence-corrected chi connectivity index (χ4v) is 2.15. The molecule has 1 heterocycles. The minimum atomic E-state index is 0.557. The number of fused-ring (bicyclic) bond motifs is 1. The Labute approximate surface area is 143 Å². The Morgan fingerprint density at radius 3 is 2.79 bits per heavy atom. The quantitative estimate of drug-likeness (QED) is 0.429. The summed E-state index contributed by atoms with van der Waals surface area (Å²) in [7, 11) is 1.66. The van der Waals surface area contributed by atoms with E-state index in [9.17, 15) is 0 Å². The SMILES string of the molecule is CCNC(=NCCOCCOC)Nc1ccc2c(c1)OCCCO2. The van der Waals surface area contributed by atoms with Gasteiger partial charge >= 0.3 is 0 Å². The predicted octanol–water partition coefficient (Wildman–Crippen LogP) is 1.89. The number of ether oxygens (including phenoxy) is 4. The first-order valence-corrected chi connectivity index (χ1v) is 8.35. The standard InChI is InChI=1S/C17H27N3O4/c1-3-18-17(19-7-10-22-12-11-21-2)20-14-5-6-15-16(13-14)24-9-4-8-23-15/h5-6,13H,3-4,7-12H2,1-2H3,(H2,18,19,20). The van der Waals surface area contributed by atoms with Crippen molar-refractivity contribution in [1.29, 1.82) is 0 Å². The minimum Gasteiger partial charge on any atom is -0.490 e. The van der Waals surface area contributed by atoms with Crippen molar-refractivity contribution < 1.29 is 18.9 Å². The van der Waals surface area contributed by atoms with Gasteiger partial charge < -0.3 is 29.6 Å². The lowest BCUT2D eigenvalue weighted by atomic mass is 10.3. The Morgan fingerprint density at radius 2 is 2.00 bits per heavy atom. The molecule has 0 aliphatic carbocycles. The smallest absolute Gasteiger partial charge is 0.195 e. The van der Waals surface area contributed by atoms with Gasteiger partial charge in [-0.15, -0.1) is 0 Å². The van der Waals surface area contributed by atoms with Gasteiger partial charge in [0.15, 0.2) is 17.5 Å². The second kappa shape index (κ2) is 10.7. The highest BCUT2D eigenvalue weighted by atomic mass is 16.5. The molecule has 0 saturated carbocycles. The van der Waals surface area contributed by atoms with Crippen LogP contribution >= 0.6 is 0 Å². The van der Waals surface area contributed by atoms with Crippen molar-refractivity contribution in [3.05, 3.63) is 18.2 Å². The zero-order valence-electron chi connectivity index (χ0n) is 14.5. The molecule has 1 aromatic carbocycles. The molecule has 2 rings (SSSR count). The average molecular weight is 337 g/mol. The molecule has 1 aromatic rings. The van der Waals surface area contributed by atoms with E-state index >= 15 is 0 Å². The molecule has 0 saturated heterocycles. The van der Waals surface area contributed by atoms with Gasteiger partial charge in [0.25, 0.3) is 0 Å². The van der Waals surface area contributed by atoms with Crippen LogP contribution in [0.1, 0.15) is 13.3 Å². The summed E-state index contributed by atoms with van der Waals surface area (Å²) in [5, 5.41) is 6.49. The second-order valence-electron chi connectivity index (χ2n) is 5.20. The molecule has 0 radical (unpaired) electrons. The number of benzene rings is 1. The van der Waals surface area contributed by atoms with E-state index in [1.807, 2.05) is 25.1 Å². The Bertz CT molecular complexity index is 523. The molecule has 1 aliphatic rings. The van der Waals surface area contributed by atoms with Crippen LogP contribution in [0.25, 0.3) is 0 Å². The number of hydrogen-bond donors (Lipinski definition) is 2. The number of nitrogens with one attached hydrogen (secondary N) is 2. The number of anilines is 1. The largest absolute Gasteiger partial charge is 0.490 e. The van der Waals surface area contributed by atoms with Crippen molar-refractivity contribution in [2.24, 2.45) is 4.99 Å². The third kappa shape index (κ3) is 6.25. The molecular formula is C17H27N3O4.